The van der Waals surface area contributed by atoms with Crippen molar-refractivity contribution in [2.24, 2.45) is 7.05 Å². The number of thioether (sulfide) groups is 1. The Balaban J connectivity index is 1.67. The number of nitrogens with one attached hydrogen (secondary N) is 2. The molecule has 142 valence electrons. The largest absolute Gasteiger partial charge is 0.324 e. The predicted octanol–water partition coefficient (Wildman–Crippen LogP) is 2.78. The number of anilines is 2. The van der Waals surface area contributed by atoms with Crippen molar-refractivity contribution >= 4 is 35.0 Å². The van der Waals surface area contributed by atoms with Gasteiger partial charge in [0.05, 0.1) is 22.8 Å². The highest BCUT2D eigenvalue weighted by Crippen LogP contribution is 2.32. The molecule has 28 heavy (non-hydrogen) atoms. The van der Waals surface area contributed by atoms with Gasteiger partial charge in [-0.3, -0.25) is 19.1 Å². The Morgan fingerprint density at radius 3 is 2.64 bits per heavy atom. The molecule has 2 heterocycles. The Morgan fingerprint density at radius 2 is 1.89 bits per heavy atom. The van der Waals surface area contributed by atoms with E-state index in [1.807, 2.05) is 30.3 Å². The van der Waals surface area contributed by atoms with Crippen LogP contribution in [0.15, 0.2) is 58.2 Å². The molecule has 7 nitrogen and oxygen atoms in total. The summed E-state index contributed by atoms with van der Waals surface area (Å²) >= 11 is 1.43. The minimum atomic E-state index is -0.404. The van der Waals surface area contributed by atoms with Crippen LogP contribution in [0.4, 0.5) is 11.4 Å². The van der Waals surface area contributed by atoms with Gasteiger partial charge in [0.25, 0.3) is 11.5 Å². The Bertz CT molecular complexity index is 1150. The minimum absolute atomic E-state index is 0.0975. The van der Waals surface area contributed by atoms with Crippen LogP contribution in [0.5, 0.6) is 0 Å². The fourth-order valence-electron chi connectivity index (χ4n) is 3.12. The first-order valence-corrected chi connectivity index (χ1v) is 9.66. The van der Waals surface area contributed by atoms with Crippen LogP contribution in [-0.4, -0.2) is 26.9 Å². The molecule has 0 fully saturated rings. The van der Waals surface area contributed by atoms with Crippen LogP contribution < -0.4 is 16.2 Å². The molecular weight excluding hydrogens is 376 g/mol. The van der Waals surface area contributed by atoms with Gasteiger partial charge in [-0.2, -0.15) is 0 Å². The summed E-state index contributed by atoms with van der Waals surface area (Å²) in [5, 5.41) is 5.50. The Kier molecular flexibility index (Phi) is 4.56. The summed E-state index contributed by atoms with van der Waals surface area (Å²) in [6, 6.07) is 14.3. The topological polar surface area (TPSA) is 85.1 Å². The van der Waals surface area contributed by atoms with E-state index in [0.717, 1.165) is 4.90 Å². The van der Waals surface area contributed by atoms with Crippen molar-refractivity contribution in [2.45, 2.75) is 11.8 Å². The van der Waals surface area contributed by atoms with E-state index in [0.29, 0.717) is 28.4 Å². The Labute approximate surface area is 165 Å². The number of carbonyl (C=O) groups excluding carboxylic acids is 2. The number of fused-ring (bicyclic) bond motifs is 1. The van der Waals surface area contributed by atoms with Crippen LogP contribution >= 0.6 is 11.8 Å². The summed E-state index contributed by atoms with van der Waals surface area (Å²) in [4.78, 5) is 38.2. The lowest BCUT2D eigenvalue weighted by Gasteiger charge is -2.16. The van der Waals surface area contributed by atoms with Crippen LogP contribution in [0.2, 0.25) is 0 Å². The number of aromatic nitrogens is 2. The van der Waals surface area contributed by atoms with Gasteiger partial charge in [-0.1, -0.05) is 18.2 Å². The number of hydrogen-bond donors (Lipinski definition) is 2. The van der Waals surface area contributed by atoms with Crippen molar-refractivity contribution in [2.75, 3.05) is 16.4 Å². The molecule has 2 aromatic carbocycles. The second kappa shape index (κ2) is 7.05. The van der Waals surface area contributed by atoms with Gasteiger partial charge in [-0.05, 0) is 37.3 Å². The highest BCUT2D eigenvalue weighted by Gasteiger charge is 2.21. The molecule has 2 amide bonds. The van der Waals surface area contributed by atoms with E-state index in [4.69, 9.17) is 0 Å². The smallest absolute Gasteiger partial charge is 0.295 e. The van der Waals surface area contributed by atoms with Gasteiger partial charge in [0, 0.05) is 17.5 Å². The first-order chi connectivity index (χ1) is 13.5. The van der Waals surface area contributed by atoms with Crippen LogP contribution in [0.3, 0.4) is 0 Å². The van der Waals surface area contributed by atoms with Crippen LogP contribution in [0, 0.1) is 6.92 Å². The maximum Gasteiger partial charge on any atom is 0.295 e. The van der Waals surface area contributed by atoms with Crippen molar-refractivity contribution in [1.29, 1.82) is 0 Å². The third-order valence-corrected chi connectivity index (χ3v) is 5.74. The molecule has 3 aromatic rings. The van der Waals surface area contributed by atoms with Gasteiger partial charge in [0.1, 0.15) is 5.69 Å². The standard InChI is InChI=1S/C20H18N4O3S/c1-12-18(20(27)24(23(12)2)14-6-4-3-5-7-14)22-19(26)13-8-9-16-15(10-13)21-17(25)11-28-16/h3-10H,11H2,1-2H3,(H,21,25)(H,22,26). The fraction of sp³-hybridized carbons (Fsp3) is 0.150. The molecule has 0 saturated heterocycles. The molecule has 0 spiro atoms. The Morgan fingerprint density at radius 1 is 1.14 bits per heavy atom. The molecule has 1 aliphatic heterocycles. The molecule has 0 bridgehead atoms. The Hall–Kier alpha value is -3.26. The molecule has 0 unspecified atom stereocenters. The lowest BCUT2D eigenvalue weighted by Crippen LogP contribution is -2.23. The average molecular weight is 394 g/mol. The number of carbonyl (C=O) groups is 2. The van der Waals surface area contributed by atoms with Crippen molar-refractivity contribution in [3.05, 3.63) is 70.1 Å². The summed E-state index contributed by atoms with van der Waals surface area (Å²) in [6.07, 6.45) is 0. The summed E-state index contributed by atoms with van der Waals surface area (Å²) < 4.78 is 3.21. The zero-order chi connectivity index (χ0) is 19.8. The molecule has 0 atom stereocenters. The lowest BCUT2D eigenvalue weighted by molar-refractivity contribution is -0.113. The highest BCUT2D eigenvalue weighted by atomic mass is 32.2. The zero-order valence-electron chi connectivity index (χ0n) is 15.4. The maximum absolute atomic E-state index is 12.9. The summed E-state index contributed by atoms with van der Waals surface area (Å²) in [6.45, 7) is 1.78. The molecule has 1 aliphatic rings. The van der Waals surface area contributed by atoms with Gasteiger partial charge >= 0.3 is 0 Å². The molecule has 4 rings (SSSR count). The molecular formula is C20H18N4O3S. The number of benzene rings is 2. The third-order valence-electron chi connectivity index (χ3n) is 4.67. The molecule has 0 aliphatic carbocycles. The summed E-state index contributed by atoms with van der Waals surface area (Å²) in [5.41, 5.74) is 2.26. The second-order valence-electron chi connectivity index (χ2n) is 6.44. The number of nitrogens with zero attached hydrogens (tertiary/aromatic N) is 2. The van der Waals surface area contributed by atoms with Crippen LogP contribution in [0.25, 0.3) is 5.69 Å². The predicted molar refractivity (Wildman–Crippen MR) is 109 cm³/mol. The van der Waals surface area contributed by atoms with Crippen molar-refractivity contribution in [1.82, 2.24) is 9.36 Å². The highest BCUT2D eigenvalue weighted by molar-refractivity contribution is 8.00. The minimum Gasteiger partial charge on any atom is -0.324 e. The maximum atomic E-state index is 12.9. The normalized spacial score (nSPS) is 13.0. The SMILES string of the molecule is Cc1c(NC(=O)c2ccc3c(c2)NC(=O)CS3)c(=O)n(-c2ccccc2)n1C. The van der Waals surface area contributed by atoms with E-state index < -0.39 is 5.91 Å². The number of para-hydroxylation sites is 1. The zero-order valence-corrected chi connectivity index (χ0v) is 16.2. The van der Waals surface area contributed by atoms with E-state index >= 15 is 0 Å². The number of amides is 2. The fourth-order valence-corrected chi connectivity index (χ4v) is 3.91. The molecule has 2 N–H and O–H groups in total. The average Bonchev–Trinajstić information content (AvgIpc) is 2.91. The molecule has 8 heteroatoms. The number of hydrogen-bond acceptors (Lipinski definition) is 4. The van der Waals surface area contributed by atoms with Crippen molar-refractivity contribution in [3.8, 4) is 5.69 Å². The quantitative estimate of drug-likeness (QED) is 0.715. The van der Waals surface area contributed by atoms with Gasteiger partial charge in [-0.15, -0.1) is 11.8 Å². The van der Waals surface area contributed by atoms with Crippen molar-refractivity contribution in [3.63, 3.8) is 0 Å². The van der Waals surface area contributed by atoms with Gasteiger partial charge in [-0.25, -0.2) is 4.68 Å². The summed E-state index contributed by atoms with van der Waals surface area (Å²) in [5.74, 6) is -0.140. The number of rotatable bonds is 3. The first kappa shape index (κ1) is 18.1. The third kappa shape index (κ3) is 3.11. The van der Waals surface area contributed by atoms with Gasteiger partial charge in [0.2, 0.25) is 5.91 Å². The van der Waals surface area contributed by atoms with Crippen molar-refractivity contribution < 1.29 is 9.59 Å². The molecule has 0 radical (unpaired) electrons. The van der Waals surface area contributed by atoms with E-state index in [1.54, 1.807) is 36.9 Å². The van der Waals surface area contributed by atoms with Crippen LogP contribution in [-0.2, 0) is 11.8 Å². The van der Waals surface area contributed by atoms with E-state index in [-0.39, 0.29) is 17.2 Å². The monoisotopic (exact) mass is 394 g/mol. The molecule has 0 saturated carbocycles. The summed E-state index contributed by atoms with van der Waals surface area (Å²) in [7, 11) is 1.77. The van der Waals surface area contributed by atoms with Crippen LogP contribution in [0.1, 0.15) is 16.1 Å². The van der Waals surface area contributed by atoms with E-state index in [2.05, 4.69) is 10.6 Å². The van der Waals surface area contributed by atoms with Gasteiger partial charge in [0.15, 0.2) is 0 Å². The first-order valence-electron chi connectivity index (χ1n) is 8.68. The lowest BCUT2D eigenvalue weighted by atomic mass is 10.1. The van der Waals surface area contributed by atoms with Gasteiger partial charge < -0.3 is 10.6 Å². The van der Waals surface area contributed by atoms with E-state index in [1.165, 1.54) is 16.4 Å². The molecule has 1 aromatic heterocycles. The van der Waals surface area contributed by atoms with E-state index in [9.17, 15) is 14.4 Å². The second-order valence-corrected chi connectivity index (χ2v) is 7.46.